The van der Waals surface area contributed by atoms with Crippen molar-refractivity contribution in [3.05, 3.63) is 29.3 Å². The van der Waals surface area contributed by atoms with Gasteiger partial charge in [0.25, 0.3) is 0 Å². The monoisotopic (exact) mass is 264 g/mol. The summed E-state index contributed by atoms with van der Waals surface area (Å²) in [6.45, 7) is 0. The Morgan fingerprint density at radius 1 is 1.33 bits per heavy atom. The third kappa shape index (κ3) is 3.16. The number of benzene rings is 1. The van der Waals surface area contributed by atoms with Crippen LogP contribution in [0.2, 0.25) is 0 Å². The molecule has 3 nitrogen and oxygen atoms in total. The average molecular weight is 264 g/mol. The number of hydrogen-bond donors (Lipinski definition) is 1. The van der Waals surface area contributed by atoms with E-state index in [-0.39, 0.29) is 6.07 Å². The van der Waals surface area contributed by atoms with Crippen LogP contribution in [0.5, 0.6) is 0 Å². The highest BCUT2D eigenvalue weighted by atomic mass is 19.4. The van der Waals surface area contributed by atoms with Crippen LogP contribution >= 0.6 is 0 Å². The number of amides is 1. The van der Waals surface area contributed by atoms with Crippen LogP contribution in [0.4, 0.5) is 27.6 Å². The zero-order valence-electron chi connectivity index (χ0n) is 8.61. The number of halogens is 5. The van der Waals surface area contributed by atoms with Crippen molar-refractivity contribution >= 4 is 11.6 Å². The van der Waals surface area contributed by atoms with E-state index in [4.69, 9.17) is 5.26 Å². The van der Waals surface area contributed by atoms with Gasteiger partial charge in [-0.15, -0.1) is 0 Å². The maximum Gasteiger partial charge on any atom is 0.419 e. The third-order valence-corrected chi connectivity index (χ3v) is 1.86. The smallest absolute Gasteiger partial charge is 0.323 e. The molecule has 1 aromatic carbocycles. The minimum absolute atomic E-state index is 0.0186. The lowest BCUT2D eigenvalue weighted by Gasteiger charge is -2.12. The quantitative estimate of drug-likeness (QED) is 0.835. The maximum atomic E-state index is 13.4. The molecule has 0 radical (unpaired) electrons. The summed E-state index contributed by atoms with van der Waals surface area (Å²) in [5, 5.41) is 9.85. The van der Waals surface area contributed by atoms with Crippen LogP contribution in [0.15, 0.2) is 12.1 Å². The van der Waals surface area contributed by atoms with E-state index >= 15 is 0 Å². The number of nitrogens with zero attached hydrogens (tertiary/aromatic N) is 1. The molecule has 18 heavy (non-hydrogen) atoms. The van der Waals surface area contributed by atoms with Gasteiger partial charge in [-0.1, -0.05) is 0 Å². The molecule has 1 N–H and O–H groups in total. The molecule has 96 valence electrons. The number of nitrogens with one attached hydrogen (secondary N) is 1. The number of rotatable bonds is 2. The van der Waals surface area contributed by atoms with E-state index in [2.05, 4.69) is 0 Å². The van der Waals surface area contributed by atoms with E-state index in [0.717, 1.165) is 0 Å². The first-order valence-corrected chi connectivity index (χ1v) is 4.48. The Morgan fingerprint density at radius 3 is 2.44 bits per heavy atom. The van der Waals surface area contributed by atoms with Gasteiger partial charge in [-0.2, -0.15) is 18.4 Å². The lowest BCUT2D eigenvalue weighted by molar-refractivity contribution is -0.140. The molecule has 1 rings (SSSR count). The van der Waals surface area contributed by atoms with Crippen LogP contribution < -0.4 is 5.32 Å². The lowest BCUT2D eigenvalue weighted by atomic mass is 10.1. The van der Waals surface area contributed by atoms with E-state index in [0.29, 0.717) is 6.07 Å². The Bertz CT molecular complexity index is 518. The number of carbonyl (C=O) groups is 1. The average Bonchev–Trinajstić information content (AvgIpc) is 2.21. The normalized spacial score (nSPS) is 10.9. The standard InChI is InChI=1S/C10H5F5N2O/c11-5-3-6(10(13,14)15)9(12)7(4-5)17-8(18)1-2-16/h3-4H,1H2,(H,17,18). The second-order valence-corrected chi connectivity index (χ2v) is 3.20. The van der Waals surface area contributed by atoms with Gasteiger partial charge in [0.05, 0.1) is 17.3 Å². The van der Waals surface area contributed by atoms with Crippen LogP contribution in [-0.4, -0.2) is 5.91 Å². The molecule has 1 aromatic rings. The summed E-state index contributed by atoms with van der Waals surface area (Å²) in [6.07, 6.45) is -5.77. The number of carbonyl (C=O) groups excluding carboxylic acids is 1. The number of anilines is 1. The topological polar surface area (TPSA) is 52.9 Å². The number of nitriles is 1. The van der Waals surface area contributed by atoms with E-state index in [1.54, 1.807) is 5.32 Å². The summed E-state index contributed by atoms with van der Waals surface area (Å²) in [5.41, 5.74) is -2.78. The molecule has 0 unspecified atom stereocenters. The first-order chi connectivity index (χ1) is 8.25. The SMILES string of the molecule is N#CCC(=O)Nc1cc(F)cc(C(F)(F)F)c1F. The molecule has 0 spiro atoms. The summed E-state index contributed by atoms with van der Waals surface area (Å²) in [5.74, 6) is -4.18. The zero-order chi connectivity index (χ0) is 13.9. The predicted molar refractivity (Wildman–Crippen MR) is 50.2 cm³/mol. The number of alkyl halides is 3. The van der Waals surface area contributed by atoms with Gasteiger partial charge in [-0.05, 0) is 6.07 Å². The Morgan fingerprint density at radius 2 is 1.94 bits per heavy atom. The largest absolute Gasteiger partial charge is 0.419 e. The zero-order valence-corrected chi connectivity index (χ0v) is 8.61. The highest BCUT2D eigenvalue weighted by Gasteiger charge is 2.36. The molecular weight excluding hydrogens is 259 g/mol. The summed E-state index contributed by atoms with van der Waals surface area (Å²) >= 11 is 0. The van der Waals surface area contributed by atoms with Gasteiger partial charge in [-0.3, -0.25) is 4.79 Å². The van der Waals surface area contributed by atoms with Crippen molar-refractivity contribution in [2.24, 2.45) is 0 Å². The van der Waals surface area contributed by atoms with Gasteiger partial charge < -0.3 is 5.32 Å². The summed E-state index contributed by atoms with van der Waals surface area (Å²) in [6, 6.07) is 1.80. The fourth-order valence-electron chi connectivity index (χ4n) is 1.15. The van der Waals surface area contributed by atoms with Crippen LogP contribution in [0, 0.1) is 23.0 Å². The molecule has 0 aliphatic carbocycles. The maximum absolute atomic E-state index is 13.4. The molecule has 0 aromatic heterocycles. The van der Waals surface area contributed by atoms with Crippen molar-refractivity contribution in [1.29, 1.82) is 5.26 Å². The van der Waals surface area contributed by atoms with Crippen LogP contribution in [-0.2, 0) is 11.0 Å². The molecule has 0 heterocycles. The molecule has 0 aliphatic heterocycles. The third-order valence-electron chi connectivity index (χ3n) is 1.86. The Hall–Kier alpha value is -2.17. The van der Waals surface area contributed by atoms with Crippen molar-refractivity contribution in [2.75, 3.05) is 5.32 Å². The van der Waals surface area contributed by atoms with Gasteiger partial charge in [-0.25, -0.2) is 8.78 Å². The van der Waals surface area contributed by atoms with Gasteiger partial charge in [0.2, 0.25) is 5.91 Å². The van der Waals surface area contributed by atoms with Crippen molar-refractivity contribution in [3.63, 3.8) is 0 Å². The fraction of sp³-hybridized carbons (Fsp3) is 0.200. The minimum atomic E-state index is -5.08. The van der Waals surface area contributed by atoms with Crippen molar-refractivity contribution in [2.45, 2.75) is 12.6 Å². The van der Waals surface area contributed by atoms with Crippen molar-refractivity contribution < 1.29 is 26.7 Å². The molecule has 8 heteroatoms. The van der Waals surface area contributed by atoms with Crippen LogP contribution in [0.1, 0.15) is 12.0 Å². The Labute approximate surface area is 97.8 Å². The highest BCUT2D eigenvalue weighted by molar-refractivity contribution is 5.92. The molecule has 0 saturated heterocycles. The first kappa shape index (κ1) is 13.9. The van der Waals surface area contributed by atoms with Crippen molar-refractivity contribution in [1.82, 2.24) is 0 Å². The lowest BCUT2D eigenvalue weighted by Crippen LogP contribution is -2.15. The van der Waals surface area contributed by atoms with E-state index in [9.17, 15) is 26.7 Å². The summed E-state index contributed by atoms with van der Waals surface area (Å²) in [4.78, 5) is 10.9. The Kier molecular flexibility index (Phi) is 3.86. The van der Waals surface area contributed by atoms with E-state index < -0.39 is 41.4 Å². The highest BCUT2D eigenvalue weighted by Crippen LogP contribution is 2.34. The number of hydrogen-bond acceptors (Lipinski definition) is 2. The second-order valence-electron chi connectivity index (χ2n) is 3.20. The van der Waals surface area contributed by atoms with E-state index in [1.807, 2.05) is 0 Å². The van der Waals surface area contributed by atoms with Crippen LogP contribution in [0.25, 0.3) is 0 Å². The molecule has 0 bridgehead atoms. The molecule has 1 amide bonds. The second kappa shape index (κ2) is 5.00. The van der Waals surface area contributed by atoms with Crippen molar-refractivity contribution in [3.8, 4) is 6.07 Å². The fourth-order valence-corrected chi connectivity index (χ4v) is 1.15. The molecule has 0 aliphatic rings. The van der Waals surface area contributed by atoms with Crippen LogP contribution in [0.3, 0.4) is 0 Å². The summed E-state index contributed by atoms with van der Waals surface area (Å²) in [7, 11) is 0. The molecule has 0 atom stereocenters. The predicted octanol–water partition coefficient (Wildman–Crippen LogP) is 2.84. The molecule has 0 fully saturated rings. The summed E-state index contributed by atoms with van der Waals surface area (Å²) < 4.78 is 63.2. The minimum Gasteiger partial charge on any atom is -0.323 e. The van der Waals surface area contributed by atoms with Gasteiger partial charge in [0.15, 0.2) is 5.82 Å². The van der Waals surface area contributed by atoms with E-state index in [1.165, 1.54) is 6.07 Å². The first-order valence-electron chi connectivity index (χ1n) is 4.48. The van der Waals surface area contributed by atoms with Gasteiger partial charge in [0.1, 0.15) is 12.2 Å². The Balaban J connectivity index is 3.18. The molecule has 0 saturated carbocycles. The van der Waals surface area contributed by atoms with Gasteiger partial charge >= 0.3 is 6.18 Å². The van der Waals surface area contributed by atoms with Gasteiger partial charge in [0, 0.05) is 6.07 Å². The molecular formula is C10H5F5N2O.